The number of rotatable bonds is 4. The number of halogens is 2. The summed E-state index contributed by atoms with van der Waals surface area (Å²) in [7, 11) is 0. The fourth-order valence-electron chi connectivity index (χ4n) is 2.01. The first-order valence-corrected chi connectivity index (χ1v) is 7.49. The van der Waals surface area contributed by atoms with Gasteiger partial charge in [0.15, 0.2) is 0 Å². The lowest BCUT2D eigenvalue weighted by Crippen LogP contribution is -2.46. The van der Waals surface area contributed by atoms with Gasteiger partial charge >= 0.3 is 0 Å². The maximum Gasteiger partial charge on any atom is 0.238 e. The first kappa shape index (κ1) is 17.3. The van der Waals surface area contributed by atoms with Crippen molar-refractivity contribution in [3.8, 4) is 0 Å². The van der Waals surface area contributed by atoms with Crippen LogP contribution in [0.25, 0.3) is 0 Å². The Hall–Kier alpha value is -0.780. The lowest BCUT2D eigenvalue weighted by atomic mass is 9.84. The Morgan fingerprint density at radius 2 is 2.30 bits per heavy atom. The molecule has 2 rings (SSSR count). The zero-order valence-electron chi connectivity index (χ0n) is 11.6. The number of carbonyl (C=O) groups is 1. The summed E-state index contributed by atoms with van der Waals surface area (Å²) in [5, 5.41) is 6.08. The second kappa shape index (κ2) is 7.29. The Kier molecular flexibility index (Phi) is 6.30. The van der Waals surface area contributed by atoms with E-state index in [2.05, 4.69) is 10.6 Å². The molecule has 1 aliphatic rings. The minimum absolute atomic E-state index is 0. The molecule has 0 aromatic heterocycles. The number of benzene rings is 1. The van der Waals surface area contributed by atoms with Crippen LogP contribution < -0.4 is 10.6 Å². The van der Waals surface area contributed by atoms with Crippen LogP contribution in [0.1, 0.15) is 19.4 Å². The molecular formula is C14H20ClFN2OS. The van der Waals surface area contributed by atoms with Crippen LogP contribution in [0.2, 0.25) is 0 Å². The molecule has 3 nitrogen and oxygen atoms in total. The molecule has 0 bridgehead atoms. The van der Waals surface area contributed by atoms with Gasteiger partial charge in [0.1, 0.15) is 5.82 Å². The van der Waals surface area contributed by atoms with E-state index in [0.29, 0.717) is 6.54 Å². The van der Waals surface area contributed by atoms with Crippen molar-refractivity contribution >= 4 is 30.1 Å². The molecule has 0 aliphatic carbocycles. The third kappa shape index (κ3) is 4.36. The molecule has 6 heteroatoms. The summed E-state index contributed by atoms with van der Waals surface area (Å²) in [6.45, 7) is 4.50. The van der Waals surface area contributed by atoms with Gasteiger partial charge in [-0.05, 0) is 17.7 Å². The second-order valence-electron chi connectivity index (χ2n) is 5.38. The van der Waals surface area contributed by atoms with Crippen molar-refractivity contribution in [3.63, 3.8) is 0 Å². The van der Waals surface area contributed by atoms with Gasteiger partial charge in [-0.1, -0.05) is 26.0 Å². The molecule has 0 radical (unpaired) electrons. The zero-order chi connectivity index (χ0) is 13.9. The largest absolute Gasteiger partial charge is 0.354 e. The zero-order valence-corrected chi connectivity index (χ0v) is 13.2. The maximum atomic E-state index is 13.2. The number of hydrogen-bond donors (Lipinski definition) is 2. The van der Waals surface area contributed by atoms with Crippen LogP contribution in [0.5, 0.6) is 0 Å². The van der Waals surface area contributed by atoms with Crippen LogP contribution in [0.4, 0.5) is 4.39 Å². The van der Waals surface area contributed by atoms with Gasteiger partial charge in [0.2, 0.25) is 5.91 Å². The van der Waals surface area contributed by atoms with Gasteiger partial charge in [-0.2, -0.15) is 0 Å². The van der Waals surface area contributed by atoms with Crippen molar-refractivity contribution in [1.29, 1.82) is 0 Å². The van der Waals surface area contributed by atoms with E-state index in [0.717, 1.165) is 17.2 Å². The number of nitrogens with one attached hydrogen (secondary N) is 2. The average molecular weight is 319 g/mol. The Balaban J connectivity index is 0.00000200. The van der Waals surface area contributed by atoms with Gasteiger partial charge < -0.3 is 5.32 Å². The first-order chi connectivity index (χ1) is 8.99. The highest BCUT2D eigenvalue weighted by molar-refractivity contribution is 7.99. The van der Waals surface area contributed by atoms with Crippen LogP contribution in [-0.2, 0) is 10.2 Å². The Morgan fingerprint density at radius 3 is 2.90 bits per heavy atom. The summed E-state index contributed by atoms with van der Waals surface area (Å²) < 4.78 is 13.2. The van der Waals surface area contributed by atoms with E-state index in [1.807, 2.05) is 19.9 Å². The first-order valence-electron chi connectivity index (χ1n) is 6.34. The molecule has 1 aromatic rings. The standard InChI is InChI=1S/C14H19FN2OS.ClH/c1-14(2,10-4-3-5-11(15)6-10)8-16-13(18)12-7-19-9-17-12;/h3-6,12,17H,7-9H2,1-2H3,(H,16,18);1H. The molecule has 1 saturated heterocycles. The lowest BCUT2D eigenvalue weighted by Gasteiger charge is -2.26. The quantitative estimate of drug-likeness (QED) is 0.895. The van der Waals surface area contributed by atoms with E-state index in [-0.39, 0.29) is 35.6 Å². The summed E-state index contributed by atoms with van der Waals surface area (Å²) >= 11 is 1.72. The van der Waals surface area contributed by atoms with Crippen molar-refractivity contribution in [2.75, 3.05) is 18.2 Å². The van der Waals surface area contributed by atoms with Crippen LogP contribution in [-0.4, -0.2) is 30.1 Å². The molecule has 1 heterocycles. The van der Waals surface area contributed by atoms with Gasteiger partial charge in [0.05, 0.1) is 6.04 Å². The minimum Gasteiger partial charge on any atom is -0.354 e. The fraction of sp³-hybridized carbons (Fsp3) is 0.500. The third-order valence-corrected chi connectivity index (χ3v) is 4.28. The normalized spacial score (nSPS) is 18.4. The molecule has 1 atom stereocenters. The molecule has 1 amide bonds. The van der Waals surface area contributed by atoms with E-state index < -0.39 is 0 Å². The minimum atomic E-state index is -0.288. The maximum absolute atomic E-state index is 13.2. The van der Waals surface area contributed by atoms with Gasteiger partial charge in [-0.15, -0.1) is 24.2 Å². The predicted octanol–water partition coefficient (Wildman–Crippen LogP) is 2.30. The van der Waals surface area contributed by atoms with Crippen molar-refractivity contribution < 1.29 is 9.18 Å². The number of carbonyl (C=O) groups excluding carboxylic acids is 1. The predicted molar refractivity (Wildman–Crippen MR) is 83.9 cm³/mol. The number of amides is 1. The Bertz CT molecular complexity index is 464. The monoisotopic (exact) mass is 318 g/mol. The molecule has 20 heavy (non-hydrogen) atoms. The average Bonchev–Trinajstić information content (AvgIpc) is 2.90. The van der Waals surface area contributed by atoms with Gasteiger partial charge in [0, 0.05) is 23.6 Å². The molecule has 1 aromatic carbocycles. The summed E-state index contributed by atoms with van der Waals surface area (Å²) in [5.41, 5.74) is 0.602. The van der Waals surface area contributed by atoms with E-state index in [4.69, 9.17) is 0 Å². The van der Waals surface area contributed by atoms with E-state index in [1.165, 1.54) is 12.1 Å². The molecule has 112 valence electrons. The number of thioether (sulfide) groups is 1. The molecule has 0 spiro atoms. The molecular weight excluding hydrogens is 299 g/mol. The van der Waals surface area contributed by atoms with Crippen molar-refractivity contribution in [3.05, 3.63) is 35.6 Å². The summed E-state index contributed by atoms with van der Waals surface area (Å²) in [4.78, 5) is 11.9. The lowest BCUT2D eigenvalue weighted by molar-refractivity contribution is -0.122. The highest BCUT2D eigenvalue weighted by Gasteiger charge is 2.26. The van der Waals surface area contributed by atoms with E-state index in [9.17, 15) is 9.18 Å². The topological polar surface area (TPSA) is 41.1 Å². The van der Waals surface area contributed by atoms with E-state index in [1.54, 1.807) is 17.8 Å². The number of hydrogen-bond acceptors (Lipinski definition) is 3. The molecule has 1 aliphatic heterocycles. The van der Waals surface area contributed by atoms with Crippen molar-refractivity contribution in [2.45, 2.75) is 25.3 Å². The van der Waals surface area contributed by atoms with Gasteiger partial charge in [-0.3, -0.25) is 10.1 Å². The van der Waals surface area contributed by atoms with E-state index >= 15 is 0 Å². The van der Waals surface area contributed by atoms with Crippen LogP contribution >= 0.6 is 24.2 Å². The molecule has 2 N–H and O–H groups in total. The SMILES string of the molecule is CC(C)(CNC(=O)C1CSCN1)c1cccc(F)c1.Cl. The highest BCUT2D eigenvalue weighted by atomic mass is 35.5. The summed E-state index contributed by atoms with van der Waals surface area (Å²) in [6, 6.07) is 6.43. The van der Waals surface area contributed by atoms with Gasteiger partial charge in [0.25, 0.3) is 0 Å². The third-order valence-electron chi connectivity index (χ3n) is 3.34. The summed E-state index contributed by atoms with van der Waals surface area (Å²) in [5.74, 6) is 1.41. The van der Waals surface area contributed by atoms with Crippen LogP contribution in [0, 0.1) is 5.82 Å². The molecule has 1 fully saturated rings. The van der Waals surface area contributed by atoms with Crippen molar-refractivity contribution in [1.82, 2.24) is 10.6 Å². The summed E-state index contributed by atoms with van der Waals surface area (Å²) in [6.07, 6.45) is 0. The van der Waals surface area contributed by atoms with Gasteiger partial charge in [-0.25, -0.2) is 4.39 Å². The smallest absolute Gasteiger partial charge is 0.238 e. The fourth-order valence-corrected chi connectivity index (χ4v) is 2.95. The second-order valence-corrected chi connectivity index (χ2v) is 6.41. The van der Waals surface area contributed by atoms with Crippen LogP contribution in [0.15, 0.2) is 24.3 Å². The molecule has 1 unspecified atom stereocenters. The van der Waals surface area contributed by atoms with Crippen molar-refractivity contribution in [2.24, 2.45) is 0 Å². The highest BCUT2D eigenvalue weighted by Crippen LogP contribution is 2.23. The molecule has 0 saturated carbocycles. The Morgan fingerprint density at radius 1 is 1.55 bits per heavy atom. The van der Waals surface area contributed by atoms with Crippen LogP contribution in [0.3, 0.4) is 0 Å². The Labute approximate surface area is 129 Å².